The van der Waals surface area contributed by atoms with E-state index in [-0.39, 0.29) is 12.6 Å². The fraction of sp³-hybridized carbons (Fsp3) is 0.583. The fourth-order valence-corrected chi connectivity index (χ4v) is 2.58. The lowest BCUT2D eigenvalue weighted by Crippen LogP contribution is -2.31. The summed E-state index contributed by atoms with van der Waals surface area (Å²) in [6, 6.07) is -0.0322. The summed E-state index contributed by atoms with van der Waals surface area (Å²) in [7, 11) is 1.84. The van der Waals surface area contributed by atoms with Crippen molar-refractivity contribution < 1.29 is 5.11 Å². The Hall–Kier alpha value is -1.21. The normalized spacial score (nSPS) is 14.6. The zero-order valence-corrected chi connectivity index (χ0v) is 12.8. The van der Waals surface area contributed by atoms with Gasteiger partial charge in [0.25, 0.3) is 0 Å². The zero-order chi connectivity index (χ0) is 14.0. The predicted octanol–water partition coefficient (Wildman–Crippen LogP) is 1.94. The fourth-order valence-electron chi connectivity index (χ4n) is 1.98. The summed E-state index contributed by atoms with van der Waals surface area (Å²) in [5.74, 6) is 1.05. The summed E-state index contributed by atoms with van der Waals surface area (Å²) in [5, 5.41) is 17.9. The molecule has 7 heteroatoms. The predicted molar refractivity (Wildman–Crippen MR) is 78.0 cm³/mol. The molecule has 0 saturated carbocycles. The number of anilines is 1. The SMILES string of the molecule is CC[C@@H](C)[C@H](CO)Nc1ncnc2c1c(Br)nn2C. The number of nitrogens with zero attached hydrogens (tertiary/aromatic N) is 4. The molecule has 2 rings (SSSR count). The molecule has 6 nitrogen and oxygen atoms in total. The topological polar surface area (TPSA) is 75.9 Å². The second-order valence-corrected chi connectivity index (χ2v) is 5.41. The molecule has 2 atom stereocenters. The van der Waals surface area contributed by atoms with Crippen molar-refractivity contribution in [1.82, 2.24) is 19.7 Å². The van der Waals surface area contributed by atoms with Crippen LogP contribution in [0.1, 0.15) is 20.3 Å². The molecule has 0 radical (unpaired) electrons. The van der Waals surface area contributed by atoms with Gasteiger partial charge in [-0.3, -0.25) is 0 Å². The van der Waals surface area contributed by atoms with Gasteiger partial charge in [0.2, 0.25) is 0 Å². The second kappa shape index (κ2) is 5.83. The third kappa shape index (κ3) is 2.71. The van der Waals surface area contributed by atoms with E-state index < -0.39 is 0 Å². The molecule has 0 bridgehead atoms. The van der Waals surface area contributed by atoms with E-state index in [1.807, 2.05) is 7.05 Å². The number of nitrogens with one attached hydrogen (secondary N) is 1. The Morgan fingerprint density at radius 2 is 2.21 bits per heavy atom. The van der Waals surface area contributed by atoms with E-state index in [1.165, 1.54) is 6.33 Å². The number of aliphatic hydroxyl groups excluding tert-OH is 1. The molecule has 0 fully saturated rings. The number of fused-ring (bicyclic) bond motifs is 1. The molecule has 2 aromatic heterocycles. The van der Waals surface area contributed by atoms with Crippen LogP contribution in [0.4, 0.5) is 5.82 Å². The molecule has 2 heterocycles. The number of hydrogen-bond donors (Lipinski definition) is 2. The number of aliphatic hydroxyl groups is 1. The van der Waals surface area contributed by atoms with Gasteiger partial charge in [0.1, 0.15) is 16.7 Å². The van der Waals surface area contributed by atoms with Gasteiger partial charge in [-0.15, -0.1) is 0 Å². The largest absolute Gasteiger partial charge is 0.394 e. The molecule has 0 amide bonds. The van der Waals surface area contributed by atoms with Crippen LogP contribution in [0.15, 0.2) is 10.9 Å². The van der Waals surface area contributed by atoms with Gasteiger partial charge >= 0.3 is 0 Å². The molecule has 0 aliphatic heterocycles. The third-order valence-corrected chi connectivity index (χ3v) is 3.98. The molecule has 0 unspecified atom stereocenters. The molecule has 0 aliphatic carbocycles. The summed E-state index contributed by atoms with van der Waals surface area (Å²) < 4.78 is 2.40. The Balaban J connectivity index is 2.40. The van der Waals surface area contributed by atoms with Gasteiger partial charge in [-0.05, 0) is 21.8 Å². The van der Waals surface area contributed by atoms with Gasteiger partial charge in [0, 0.05) is 7.05 Å². The van der Waals surface area contributed by atoms with Gasteiger partial charge in [0.05, 0.1) is 18.0 Å². The van der Waals surface area contributed by atoms with Crippen LogP contribution in [0.2, 0.25) is 0 Å². The number of halogens is 1. The maximum atomic E-state index is 9.50. The minimum atomic E-state index is -0.0322. The van der Waals surface area contributed by atoms with Crippen molar-refractivity contribution in [3.8, 4) is 0 Å². The van der Waals surface area contributed by atoms with Crippen LogP contribution < -0.4 is 5.32 Å². The van der Waals surface area contributed by atoms with Crippen molar-refractivity contribution in [3.05, 3.63) is 10.9 Å². The Morgan fingerprint density at radius 1 is 1.47 bits per heavy atom. The monoisotopic (exact) mass is 327 g/mol. The van der Waals surface area contributed by atoms with Crippen molar-refractivity contribution in [2.24, 2.45) is 13.0 Å². The Bertz CT molecular complexity index is 570. The summed E-state index contributed by atoms with van der Waals surface area (Å²) in [6.07, 6.45) is 2.49. The Morgan fingerprint density at radius 3 is 2.84 bits per heavy atom. The lowest BCUT2D eigenvalue weighted by Gasteiger charge is -2.22. The first-order chi connectivity index (χ1) is 9.08. The average Bonchev–Trinajstić information content (AvgIpc) is 2.71. The number of aromatic nitrogens is 4. The van der Waals surface area contributed by atoms with Crippen molar-refractivity contribution >= 4 is 32.8 Å². The number of aryl methyl sites for hydroxylation is 1. The van der Waals surface area contributed by atoms with Crippen LogP contribution in [-0.4, -0.2) is 37.5 Å². The van der Waals surface area contributed by atoms with Crippen molar-refractivity contribution in [2.45, 2.75) is 26.3 Å². The van der Waals surface area contributed by atoms with E-state index >= 15 is 0 Å². The summed E-state index contributed by atoms with van der Waals surface area (Å²) in [6.45, 7) is 4.27. The van der Waals surface area contributed by atoms with E-state index in [9.17, 15) is 5.11 Å². The molecule has 0 saturated heterocycles. The molecular weight excluding hydrogens is 310 g/mol. The van der Waals surface area contributed by atoms with Crippen LogP contribution in [0.25, 0.3) is 11.0 Å². The van der Waals surface area contributed by atoms with Gasteiger partial charge in [-0.25, -0.2) is 14.6 Å². The first-order valence-electron chi connectivity index (χ1n) is 6.29. The van der Waals surface area contributed by atoms with E-state index in [4.69, 9.17) is 0 Å². The smallest absolute Gasteiger partial charge is 0.164 e. The second-order valence-electron chi connectivity index (χ2n) is 4.65. The highest BCUT2D eigenvalue weighted by molar-refractivity contribution is 9.10. The summed E-state index contributed by atoms with van der Waals surface area (Å²) >= 11 is 3.42. The average molecular weight is 328 g/mol. The van der Waals surface area contributed by atoms with Gasteiger partial charge < -0.3 is 10.4 Å². The lowest BCUT2D eigenvalue weighted by atomic mass is 10.00. The molecule has 2 N–H and O–H groups in total. The lowest BCUT2D eigenvalue weighted by molar-refractivity contribution is 0.241. The summed E-state index contributed by atoms with van der Waals surface area (Å²) in [4.78, 5) is 8.49. The van der Waals surface area contributed by atoms with Gasteiger partial charge in [0.15, 0.2) is 5.65 Å². The molecule has 104 valence electrons. The first kappa shape index (κ1) is 14.2. The third-order valence-electron chi connectivity index (χ3n) is 3.43. The molecule has 0 aromatic carbocycles. The zero-order valence-electron chi connectivity index (χ0n) is 11.3. The highest BCUT2D eigenvalue weighted by atomic mass is 79.9. The quantitative estimate of drug-likeness (QED) is 0.877. The number of rotatable bonds is 5. The minimum absolute atomic E-state index is 0.0322. The van der Waals surface area contributed by atoms with Crippen LogP contribution in [0.5, 0.6) is 0 Å². The standard InChI is InChI=1S/C12H18BrN5O/c1-4-7(2)8(5-19)16-11-9-10(13)17-18(3)12(9)15-6-14-11/h6-8,19H,4-5H2,1-3H3,(H,14,15,16)/t7-,8+/m1/s1. The van der Waals surface area contributed by atoms with Crippen LogP contribution in [0.3, 0.4) is 0 Å². The van der Waals surface area contributed by atoms with Crippen molar-refractivity contribution in [1.29, 1.82) is 0 Å². The Labute approximate surface area is 120 Å². The van der Waals surface area contributed by atoms with Gasteiger partial charge in [-0.2, -0.15) is 5.10 Å². The van der Waals surface area contributed by atoms with E-state index in [0.717, 1.165) is 17.5 Å². The van der Waals surface area contributed by atoms with E-state index in [2.05, 4.69) is 50.2 Å². The molecule has 2 aromatic rings. The molecule has 0 aliphatic rings. The minimum Gasteiger partial charge on any atom is -0.394 e. The highest BCUT2D eigenvalue weighted by Gasteiger charge is 2.19. The van der Waals surface area contributed by atoms with Gasteiger partial charge in [-0.1, -0.05) is 20.3 Å². The summed E-state index contributed by atoms with van der Waals surface area (Å²) in [5.41, 5.74) is 0.755. The van der Waals surface area contributed by atoms with Crippen molar-refractivity contribution in [2.75, 3.05) is 11.9 Å². The molecule has 0 spiro atoms. The highest BCUT2D eigenvalue weighted by Crippen LogP contribution is 2.28. The number of hydrogen-bond acceptors (Lipinski definition) is 5. The Kier molecular flexibility index (Phi) is 4.36. The van der Waals surface area contributed by atoms with Crippen LogP contribution >= 0.6 is 15.9 Å². The first-order valence-corrected chi connectivity index (χ1v) is 7.08. The van der Waals surface area contributed by atoms with Crippen LogP contribution in [-0.2, 0) is 7.05 Å². The van der Waals surface area contributed by atoms with E-state index in [1.54, 1.807) is 4.68 Å². The maximum absolute atomic E-state index is 9.50. The van der Waals surface area contributed by atoms with E-state index in [0.29, 0.717) is 16.3 Å². The van der Waals surface area contributed by atoms with Crippen LogP contribution in [0, 0.1) is 5.92 Å². The molecular formula is C12H18BrN5O. The maximum Gasteiger partial charge on any atom is 0.164 e. The molecule has 19 heavy (non-hydrogen) atoms. The van der Waals surface area contributed by atoms with Crippen molar-refractivity contribution in [3.63, 3.8) is 0 Å².